The van der Waals surface area contributed by atoms with Gasteiger partial charge in [-0.25, -0.2) is 4.39 Å². The lowest BCUT2D eigenvalue weighted by atomic mass is 9.88. The number of amides is 4. The van der Waals surface area contributed by atoms with Crippen LogP contribution in [0.3, 0.4) is 0 Å². The predicted molar refractivity (Wildman–Crippen MR) is 221 cm³/mol. The molecule has 4 heterocycles. The number of nitrogens with zero attached hydrogens (tertiary/aromatic N) is 4. The van der Waals surface area contributed by atoms with Gasteiger partial charge in [0.15, 0.2) is 5.82 Å². The highest BCUT2D eigenvalue weighted by Crippen LogP contribution is 2.38. The molecule has 4 aromatic rings. The monoisotopic (exact) mass is 813 g/mol. The Bertz CT molecular complexity index is 2600. The fraction of sp³-hybridized carbons (Fsp3) is 0.333. The highest BCUT2D eigenvalue weighted by molar-refractivity contribution is 6.24. The number of anilines is 2. The van der Waals surface area contributed by atoms with Gasteiger partial charge >= 0.3 is 0 Å². The fourth-order valence-corrected chi connectivity index (χ4v) is 8.14. The summed E-state index contributed by atoms with van der Waals surface area (Å²) in [6.07, 6.45) is 0.875. The molecule has 8 rings (SSSR count). The molecule has 11 nitrogen and oxygen atoms in total. The van der Waals surface area contributed by atoms with Gasteiger partial charge in [-0.1, -0.05) is 36.4 Å². The van der Waals surface area contributed by atoms with Gasteiger partial charge in [0, 0.05) is 69.1 Å². The number of carbonyl (C=O) groups is 4. The average Bonchev–Trinajstić information content (AvgIpc) is 3.52. The third-order valence-electron chi connectivity index (χ3n) is 11.0. The van der Waals surface area contributed by atoms with E-state index in [0.29, 0.717) is 48.0 Å². The van der Waals surface area contributed by atoms with Gasteiger partial charge in [0.1, 0.15) is 17.5 Å². The molecule has 4 aromatic carbocycles. The van der Waals surface area contributed by atoms with Crippen LogP contribution in [0.2, 0.25) is 0 Å². The molecular formula is C45H45ClFN5O6. The molecule has 0 spiro atoms. The summed E-state index contributed by atoms with van der Waals surface area (Å²) in [5.41, 5.74) is 2.81. The lowest BCUT2D eigenvalue weighted by Crippen LogP contribution is -2.54. The number of fused-ring (bicyclic) bond motifs is 1. The number of allylic oxidation sites excluding steroid dienone is 1. The molecule has 4 aliphatic heterocycles. The zero-order valence-electron chi connectivity index (χ0n) is 39.2. The second-order valence-electron chi connectivity index (χ2n) is 14.5. The lowest BCUT2D eigenvalue weighted by Gasteiger charge is -2.40. The summed E-state index contributed by atoms with van der Waals surface area (Å²) in [4.78, 5) is 54.3. The van der Waals surface area contributed by atoms with Crippen LogP contribution in [0.5, 0.6) is 11.5 Å². The first-order chi connectivity index (χ1) is 31.1. The summed E-state index contributed by atoms with van der Waals surface area (Å²) < 4.78 is 88.8. The number of aromatic hydroxyl groups is 2. The van der Waals surface area contributed by atoms with E-state index in [1.54, 1.807) is 24.3 Å². The number of benzene rings is 4. The molecule has 4 aliphatic rings. The summed E-state index contributed by atoms with van der Waals surface area (Å²) in [5, 5.41) is 22.0. The Kier molecular flexibility index (Phi) is 8.71. The van der Waals surface area contributed by atoms with Gasteiger partial charge in [-0.2, -0.15) is 0 Å². The minimum absolute atomic E-state index is 0.0103. The SMILES string of the molecule is [2H]C1([2H])N(CC2CCN(c3ccc(C(=C(CCCl)c4ccc(O)cc4)c4ccc(O)cc4)cc3)CC2)C([2H])([2H])C([2H])([2H])N(c2ccc3c(c2F)C(=O)N(C2CCC(=O)NC2=O)C3=O)C1([2H])[2H]. The summed E-state index contributed by atoms with van der Waals surface area (Å²) >= 11 is 6.31. The smallest absolute Gasteiger partial charge is 0.265 e. The number of imide groups is 2. The molecule has 3 N–H and O–H groups in total. The van der Waals surface area contributed by atoms with Gasteiger partial charge < -0.3 is 20.0 Å². The van der Waals surface area contributed by atoms with Crippen molar-refractivity contribution in [3.8, 4) is 11.5 Å². The molecule has 0 radical (unpaired) electrons. The molecule has 0 saturated carbocycles. The number of nitrogens with one attached hydrogen (secondary N) is 1. The first-order valence-corrected chi connectivity index (χ1v) is 19.5. The summed E-state index contributed by atoms with van der Waals surface area (Å²) in [7, 11) is 0. The lowest BCUT2D eigenvalue weighted by molar-refractivity contribution is -0.136. The summed E-state index contributed by atoms with van der Waals surface area (Å²) in [5.74, 6) is -5.42. The van der Waals surface area contributed by atoms with Crippen LogP contribution in [0.1, 0.15) is 80.5 Å². The van der Waals surface area contributed by atoms with Crippen LogP contribution in [0.15, 0.2) is 84.9 Å². The molecule has 300 valence electrons. The number of alkyl halides is 1. The van der Waals surface area contributed by atoms with E-state index in [0.717, 1.165) is 45.7 Å². The van der Waals surface area contributed by atoms with E-state index in [2.05, 4.69) is 4.90 Å². The number of piperidine rings is 2. The number of phenolic OH excluding ortho intramolecular Hbond substituents is 2. The van der Waals surface area contributed by atoms with E-state index in [1.165, 1.54) is 0 Å². The van der Waals surface area contributed by atoms with Crippen molar-refractivity contribution in [3.63, 3.8) is 0 Å². The highest BCUT2D eigenvalue weighted by atomic mass is 35.5. The number of phenols is 2. The minimum Gasteiger partial charge on any atom is -0.508 e. The highest BCUT2D eigenvalue weighted by Gasteiger charge is 2.46. The second-order valence-corrected chi connectivity index (χ2v) is 14.9. The predicted octanol–water partition coefficient (Wildman–Crippen LogP) is 6.26. The average molecular weight is 814 g/mol. The molecule has 4 amide bonds. The van der Waals surface area contributed by atoms with E-state index in [9.17, 15) is 29.4 Å². The Hall–Kier alpha value is -5.72. The van der Waals surface area contributed by atoms with E-state index >= 15 is 4.39 Å². The molecule has 0 bridgehead atoms. The van der Waals surface area contributed by atoms with Crippen LogP contribution in [0, 0.1) is 11.7 Å². The molecule has 1 unspecified atom stereocenters. The van der Waals surface area contributed by atoms with E-state index < -0.39 is 90.8 Å². The van der Waals surface area contributed by atoms with Crippen LogP contribution in [-0.4, -0.2) is 101 Å². The summed E-state index contributed by atoms with van der Waals surface area (Å²) in [6, 6.07) is 21.8. The topological polar surface area (TPSA) is 134 Å². The number of hydrogen-bond donors (Lipinski definition) is 3. The maximum atomic E-state index is 16.6. The van der Waals surface area contributed by atoms with Crippen LogP contribution in [-0.2, 0) is 9.59 Å². The standard InChI is InChI=1S/C45H45ClFN5O6/c46-20-17-35(29-3-9-33(53)10-4-29)40(31-5-11-34(54)12-6-31)30-1-7-32(8-2-30)50-21-18-28(19-22-50)27-49-23-25-51(26-24-49)37-14-13-36-41(42(37)47)45(58)52(44(36)57)38-15-16-39(55)48-43(38)56/h1-14,28,38,53-54H,15-27H2,(H,48,55,56)/i23D2,24D2,25D2,26D2. The van der Waals surface area contributed by atoms with Crippen LogP contribution in [0.4, 0.5) is 15.8 Å². The van der Waals surface area contributed by atoms with Crippen LogP contribution >= 0.6 is 11.6 Å². The normalized spacial score (nSPS) is 25.2. The van der Waals surface area contributed by atoms with E-state index in [4.69, 9.17) is 22.6 Å². The zero-order chi connectivity index (χ0) is 47.7. The van der Waals surface area contributed by atoms with Crippen molar-refractivity contribution in [3.05, 3.63) is 119 Å². The minimum atomic E-state index is -3.48. The number of carbonyl (C=O) groups excluding carboxylic acids is 4. The van der Waals surface area contributed by atoms with Crippen molar-refractivity contribution in [2.45, 2.75) is 38.1 Å². The first kappa shape index (κ1) is 30.4. The third kappa shape index (κ3) is 7.78. The molecule has 3 saturated heterocycles. The molecule has 1 atom stereocenters. The van der Waals surface area contributed by atoms with Gasteiger partial charge in [-0.05, 0) is 108 Å². The third-order valence-corrected chi connectivity index (χ3v) is 11.1. The number of piperazine rings is 1. The van der Waals surface area contributed by atoms with Crippen LogP contribution in [0.25, 0.3) is 11.1 Å². The quantitative estimate of drug-likeness (QED) is 0.0964. The molecule has 0 aliphatic carbocycles. The van der Waals surface area contributed by atoms with E-state index in [1.807, 2.05) is 53.8 Å². The van der Waals surface area contributed by atoms with Crippen molar-refractivity contribution in [2.75, 3.05) is 61.3 Å². The maximum absolute atomic E-state index is 16.6. The van der Waals surface area contributed by atoms with Gasteiger partial charge in [0.2, 0.25) is 11.8 Å². The largest absolute Gasteiger partial charge is 0.508 e. The van der Waals surface area contributed by atoms with E-state index in [-0.39, 0.29) is 29.2 Å². The zero-order valence-corrected chi connectivity index (χ0v) is 31.9. The van der Waals surface area contributed by atoms with Crippen molar-refractivity contribution in [1.82, 2.24) is 15.1 Å². The van der Waals surface area contributed by atoms with Gasteiger partial charge in [-0.15, -0.1) is 11.6 Å². The molecule has 58 heavy (non-hydrogen) atoms. The van der Waals surface area contributed by atoms with Crippen molar-refractivity contribution < 1.29 is 44.7 Å². The Morgan fingerprint density at radius 2 is 1.36 bits per heavy atom. The molecule has 0 aromatic heterocycles. The van der Waals surface area contributed by atoms with Crippen LogP contribution < -0.4 is 15.1 Å². The van der Waals surface area contributed by atoms with Gasteiger partial charge in [-0.3, -0.25) is 34.3 Å². The first-order valence-electron chi connectivity index (χ1n) is 23.0. The van der Waals surface area contributed by atoms with Crippen molar-refractivity contribution in [2.24, 2.45) is 5.92 Å². The Labute approximate surface area is 352 Å². The van der Waals surface area contributed by atoms with Crippen molar-refractivity contribution in [1.29, 1.82) is 0 Å². The van der Waals surface area contributed by atoms with Gasteiger partial charge in [0.25, 0.3) is 11.8 Å². The number of rotatable bonds is 10. The molecule has 13 heteroatoms. The number of halogens is 2. The van der Waals surface area contributed by atoms with Crippen molar-refractivity contribution >= 4 is 57.8 Å². The Morgan fingerprint density at radius 3 is 1.97 bits per heavy atom. The maximum Gasteiger partial charge on any atom is 0.265 e. The Morgan fingerprint density at radius 1 is 0.759 bits per heavy atom. The molecular weight excluding hydrogens is 761 g/mol. The number of hydrogen-bond acceptors (Lipinski definition) is 9. The summed E-state index contributed by atoms with van der Waals surface area (Å²) in [6.45, 7) is -13.1. The fourth-order valence-electron chi connectivity index (χ4n) is 7.95. The second kappa shape index (κ2) is 16.6. The van der Waals surface area contributed by atoms with Gasteiger partial charge in [0.05, 0.1) is 22.3 Å². The Balaban J connectivity index is 1.01. The molecule has 3 fully saturated rings.